The quantitative estimate of drug-likeness (QED) is 0.534. The highest BCUT2D eigenvalue weighted by Gasteiger charge is 2.25. The van der Waals surface area contributed by atoms with Crippen molar-refractivity contribution in [2.24, 2.45) is 7.05 Å². The summed E-state index contributed by atoms with van der Waals surface area (Å²) in [4.78, 5) is 27.9. The van der Waals surface area contributed by atoms with Crippen LogP contribution in [-0.2, 0) is 7.05 Å². The third-order valence-electron chi connectivity index (χ3n) is 5.16. The van der Waals surface area contributed by atoms with Crippen molar-refractivity contribution in [2.45, 2.75) is 6.10 Å². The normalized spacial score (nSPS) is 14.4. The molecule has 5 rings (SSSR count). The van der Waals surface area contributed by atoms with E-state index in [1.807, 2.05) is 38.5 Å². The Labute approximate surface area is 178 Å². The Morgan fingerprint density at radius 1 is 1.10 bits per heavy atom. The van der Waals surface area contributed by atoms with Crippen molar-refractivity contribution in [3.05, 3.63) is 60.7 Å². The lowest BCUT2D eigenvalue weighted by Gasteiger charge is -2.35. The number of carbonyl (C=O) groups is 1. The smallest absolute Gasteiger partial charge is 0.258 e. The van der Waals surface area contributed by atoms with Gasteiger partial charge >= 0.3 is 0 Å². The number of aryl methyl sites for hydroxylation is 1. The van der Waals surface area contributed by atoms with E-state index in [0.717, 1.165) is 35.1 Å². The first-order valence-electron chi connectivity index (χ1n) is 9.92. The molecule has 4 heterocycles. The fourth-order valence-electron chi connectivity index (χ4n) is 3.51. The monoisotopic (exact) mass is 415 g/mol. The second-order valence-electron chi connectivity index (χ2n) is 7.67. The summed E-state index contributed by atoms with van der Waals surface area (Å²) in [6.07, 6.45) is 7.10. The largest absolute Gasteiger partial charge is 0.472 e. The topological polar surface area (TPSA) is 98.1 Å². The van der Waals surface area contributed by atoms with Crippen LogP contribution in [-0.4, -0.2) is 61.8 Å². The van der Waals surface area contributed by atoms with Crippen LogP contribution in [0, 0.1) is 0 Å². The molecule has 0 radical (unpaired) electrons. The molecule has 156 valence electrons. The molecule has 4 aromatic rings. The maximum atomic E-state index is 12.7. The maximum Gasteiger partial charge on any atom is 0.258 e. The Balaban J connectivity index is 1.34. The highest BCUT2D eigenvalue weighted by Crippen LogP contribution is 2.23. The van der Waals surface area contributed by atoms with Crippen LogP contribution < -0.4 is 10.1 Å². The standard InChI is InChI=1S/C22H21N7O2/c1-28-12-18(13-28)31-20-8-15(5-6-23-20)21(30)27-22-24-9-16-4-3-14(7-19(16)26-22)17-10-25-29(2)11-17/h3-11,18H,12-13H2,1-2H3,(H,24,26,27,30). The summed E-state index contributed by atoms with van der Waals surface area (Å²) in [6, 6.07) is 9.18. The van der Waals surface area contributed by atoms with Crippen LogP contribution >= 0.6 is 0 Å². The number of pyridine rings is 1. The first kappa shape index (κ1) is 19.1. The molecule has 0 spiro atoms. The molecule has 9 nitrogen and oxygen atoms in total. The minimum Gasteiger partial charge on any atom is -0.472 e. The Morgan fingerprint density at radius 2 is 1.97 bits per heavy atom. The van der Waals surface area contributed by atoms with Gasteiger partial charge in [0.2, 0.25) is 11.8 Å². The Bertz CT molecular complexity index is 1260. The Morgan fingerprint density at radius 3 is 2.74 bits per heavy atom. The van der Waals surface area contributed by atoms with E-state index in [-0.39, 0.29) is 18.0 Å². The number of nitrogens with zero attached hydrogens (tertiary/aromatic N) is 6. The zero-order valence-electron chi connectivity index (χ0n) is 17.2. The molecular weight excluding hydrogens is 394 g/mol. The summed E-state index contributed by atoms with van der Waals surface area (Å²) in [5.74, 6) is 0.354. The van der Waals surface area contributed by atoms with Crippen molar-refractivity contribution in [2.75, 3.05) is 25.5 Å². The molecule has 1 aliphatic rings. The van der Waals surface area contributed by atoms with Gasteiger partial charge in [-0.1, -0.05) is 12.1 Å². The molecule has 0 unspecified atom stereocenters. The number of carbonyl (C=O) groups excluding carboxylic acids is 1. The van der Waals surface area contributed by atoms with Crippen LogP contribution in [0.2, 0.25) is 0 Å². The average Bonchev–Trinajstić information content (AvgIpc) is 3.19. The zero-order chi connectivity index (χ0) is 21.4. The Kier molecular flexibility index (Phi) is 4.79. The predicted molar refractivity (Wildman–Crippen MR) is 116 cm³/mol. The van der Waals surface area contributed by atoms with Gasteiger partial charge in [0.05, 0.1) is 11.7 Å². The number of nitrogens with one attached hydrogen (secondary N) is 1. The lowest BCUT2D eigenvalue weighted by atomic mass is 10.1. The lowest BCUT2D eigenvalue weighted by molar-refractivity contribution is 0.0355. The third-order valence-corrected chi connectivity index (χ3v) is 5.16. The molecule has 1 saturated heterocycles. The first-order chi connectivity index (χ1) is 15.0. The summed E-state index contributed by atoms with van der Waals surface area (Å²) in [7, 11) is 3.90. The van der Waals surface area contributed by atoms with Crippen molar-refractivity contribution >= 4 is 22.8 Å². The molecule has 1 aromatic carbocycles. The van der Waals surface area contributed by atoms with Gasteiger partial charge in [0.1, 0.15) is 6.10 Å². The molecule has 0 aliphatic carbocycles. The minimum absolute atomic E-state index is 0.105. The Hall–Kier alpha value is -3.85. The van der Waals surface area contributed by atoms with Crippen molar-refractivity contribution in [1.82, 2.24) is 29.6 Å². The number of ether oxygens (including phenoxy) is 1. The molecule has 0 atom stereocenters. The van der Waals surface area contributed by atoms with Crippen molar-refractivity contribution < 1.29 is 9.53 Å². The number of fused-ring (bicyclic) bond motifs is 1. The molecule has 9 heteroatoms. The average molecular weight is 415 g/mol. The number of benzene rings is 1. The molecule has 1 fully saturated rings. The van der Waals surface area contributed by atoms with Gasteiger partial charge in [-0.25, -0.2) is 15.0 Å². The van der Waals surface area contributed by atoms with Crippen molar-refractivity contribution in [3.63, 3.8) is 0 Å². The van der Waals surface area contributed by atoms with E-state index in [0.29, 0.717) is 11.4 Å². The van der Waals surface area contributed by atoms with E-state index in [4.69, 9.17) is 4.74 Å². The summed E-state index contributed by atoms with van der Waals surface area (Å²) in [5, 5.41) is 7.86. The first-order valence-corrected chi connectivity index (χ1v) is 9.92. The van der Waals surface area contributed by atoms with Gasteiger partial charge in [-0.2, -0.15) is 5.10 Å². The molecule has 31 heavy (non-hydrogen) atoms. The number of hydrogen-bond acceptors (Lipinski definition) is 7. The maximum absolute atomic E-state index is 12.7. The fraction of sp³-hybridized carbons (Fsp3) is 0.227. The summed E-state index contributed by atoms with van der Waals surface area (Å²) < 4.78 is 7.56. The molecule has 1 N–H and O–H groups in total. The molecule has 1 amide bonds. The van der Waals surface area contributed by atoms with Gasteiger partial charge in [0.25, 0.3) is 5.91 Å². The number of rotatable bonds is 5. The van der Waals surface area contributed by atoms with Crippen LogP contribution in [0.3, 0.4) is 0 Å². The van der Waals surface area contributed by atoms with Crippen molar-refractivity contribution in [1.29, 1.82) is 0 Å². The molecule has 1 aliphatic heterocycles. The minimum atomic E-state index is -0.319. The van der Waals surface area contributed by atoms with E-state index in [2.05, 4.69) is 30.3 Å². The van der Waals surface area contributed by atoms with E-state index in [9.17, 15) is 4.79 Å². The van der Waals surface area contributed by atoms with Gasteiger partial charge in [0, 0.05) is 61.3 Å². The molecule has 0 saturated carbocycles. The highest BCUT2D eigenvalue weighted by molar-refractivity contribution is 6.03. The van der Waals surface area contributed by atoms with Gasteiger partial charge in [-0.3, -0.25) is 19.7 Å². The summed E-state index contributed by atoms with van der Waals surface area (Å²) >= 11 is 0. The van der Waals surface area contributed by atoms with E-state index in [1.54, 1.807) is 35.4 Å². The molecular formula is C22H21N7O2. The SMILES string of the molecule is CN1CC(Oc2cc(C(=O)Nc3ncc4ccc(-c5cnn(C)c5)cc4n3)ccn2)C1. The van der Waals surface area contributed by atoms with Crippen molar-refractivity contribution in [3.8, 4) is 17.0 Å². The van der Waals surface area contributed by atoms with Crippen LogP contribution in [0.1, 0.15) is 10.4 Å². The van der Waals surface area contributed by atoms with Crippen LogP contribution in [0.15, 0.2) is 55.1 Å². The van der Waals surface area contributed by atoms with Gasteiger partial charge in [0.15, 0.2) is 0 Å². The molecule has 3 aromatic heterocycles. The fourth-order valence-corrected chi connectivity index (χ4v) is 3.51. The number of likely N-dealkylation sites (N-methyl/N-ethyl adjacent to an activating group) is 1. The second kappa shape index (κ2) is 7.77. The highest BCUT2D eigenvalue weighted by atomic mass is 16.5. The zero-order valence-corrected chi connectivity index (χ0v) is 17.2. The third kappa shape index (κ3) is 4.08. The van der Waals surface area contributed by atoms with Gasteiger partial charge in [-0.15, -0.1) is 0 Å². The van der Waals surface area contributed by atoms with Crippen LogP contribution in [0.4, 0.5) is 5.95 Å². The van der Waals surface area contributed by atoms with Crippen LogP contribution in [0.25, 0.3) is 22.0 Å². The number of hydrogen-bond donors (Lipinski definition) is 1. The van der Waals surface area contributed by atoms with E-state index in [1.165, 1.54) is 0 Å². The number of amides is 1. The van der Waals surface area contributed by atoms with E-state index >= 15 is 0 Å². The number of anilines is 1. The van der Waals surface area contributed by atoms with Gasteiger partial charge < -0.3 is 4.74 Å². The molecule has 0 bridgehead atoms. The lowest BCUT2D eigenvalue weighted by Crippen LogP contribution is -2.51. The number of aromatic nitrogens is 5. The predicted octanol–water partition coefficient (Wildman–Crippen LogP) is 2.37. The van der Waals surface area contributed by atoms with E-state index < -0.39 is 0 Å². The summed E-state index contributed by atoms with van der Waals surface area (Å²) in [5.41, 5.74) is 3.16. The summed E-state index contributed by atoms with van der Waals surface area (Å²) in [6.45, 7) is 1.70. The second-order valence-corrected chi connectivity index (χ2v) is 7.67. The van der Waals surface area contributed by atoms with Gasteiger partial charge in [-0.05, 0) is 24.7 Å². The van der Waals surface area contributed by atoms with Crippen LogP contribution in [0.5, 0.6) is 5.88 Å². The number of likely N-dealkylation sites (tertiary alicyclic amines) is 1.